The molecule has 3 rings (SSSR count). The normalized spacial score (nSPS) is 15.0. The SMILES string of the molecule is COc1ccc2cc(C(C)(C(=O)O)C(C)OC(=O)[C@@H](N)Cc3ccccc3)ccc2c1. The number of carboxylic acid groups (broad SMARTS) is 1. The van der Waals surface area contributed by atoms with Gasteiger partial charge in [0.1, 0.15) is 23.3 Å². The van der Waals surface area contributed by atoms with E-state index in [2.05, 4.69) is 0 Å². The summed E-state index contributed by atoms with van der Waals surface area (Å²) in [7, 11) is 1.59. The number of benzene rings is 3. The van der Waals surface area contributed by atoms with E-state index in [9.17, 15) is 14.7 Å². The molecule has 0 aromatic heterocycles. The summed E-state index contributed by atoms with van der Waals surface area (Å²) in [6, 6.07) is 19.4. The number of fused-ring (bicyclic) bond motifs is 1. The molecule has 0 spiro atoms. The zero-order valence-corrected chi connectivity index (χ0v) is 17.9. The third-order valence-corrected chi connectivity index (χ3v) is 5.80. The van der Waals surface area contributed by atoms with Crippen molar-refractivity contribution in [2.75, 3.05) is 7.11 Å². The molecule has 0 radical (unpaired) electrons. The Labute approximate surface area is 181 Å². The van der Waals surface area contributed by atoms with Gasteiger partial charge in [-0.15, -0.1) is 0 Å². The molecule has 0 bridgehead atoms. The van der Waals surface area contributed by atoms with Crippen LogP contribution >= 0.6 is 0 Å². The second-order valence-electron chi connectivity index (χ2n) is 7.81. The summed E-state index contributed by atoms with van der Waals surface area (Å²) >= 11 is 0. The van der Waals surface area contributed by atoms with Gasteiger partial charge >= 0.3 is 11.9 Å². The number of hydrogen-bond acceptors (Lipinski definition) is 5. The Hall–Kier alpha value is -3.38. The first kappa shape index (κ1) is 22.3. The van der Waals surface area contributed by atoms with Crippen LogP contribution in [0.25, 0.3) is 10.8 Å². The molecule has 0 amide bonds. The number of carboxylic acids is 1. The molecule has 3 N–H and O–H groups in total. The highest BCUT2D eigenvalue weighted by molar-refractivity contribution is 5.88. The third-order valence-electron chi connectivity index (χ3n) is 5.80. The molecule has 0 fully saturated rings. The van der Waals surface area contributed by atoms with Crippen LogP contribution in [0.5, 0.6) is 5.75 Å². The molecule has 0 aliphatic rings. The van der Waals surface area contributed by atoms with Crippen molar-refractivity contribution in [2.45, 2.75) is 37.8 Å². The fourth-order valence-electron chi connectivity index (χ4n) is 3.54. The number of ether oxygens (including phenoxy) is 2. The molecule has 3 aromatic rings. The van der Waals surface area contributed by atoms with E-state index in [1.165, 1.54) is 0 Å². The Morgan fingerprint density at radius 2 is 1.68 bits per heavy atom. The van der Waals surface area contributed by atoms with E-state index in [0.717, 1.165) is 22.1 Å². The largest absolute Gasteiger partial charge is 0.497 e. The van der Waals surface area contributed by atoms with Gasteiger partial charge in [0.25, 0.3) is 0 Å². The molecule has 0 aliphatic heterocycles. The van der Waals surface area contributed by atoms with Gasteiger partial charge in [0, 0.05) is 0 Å². The highest BCUT2D eigenvalue weighted by Gasteiger charge is 2.44. The zero-order valence-electron chi connectivity index (χ0n) is 17.9. The second-order valence-corrected chi connectivity index (χ2v) is 7.81. The van der Waals surface area contributed by atoms with Gasteiger partial charge in [-0.05, 0) is 60.4 Å². The van der Waals surface area contributed by atoms with Crippen LogP contribution < -0.4 is 10.5 Å². The highest BCUT2D eigenvalue weighted by Crippen LogP contribution is 2.33. The van der Waals surface area contributed by atoms with Gasteiger partial charge in [0.2, 0.25) is 0 Å². The lowest BCUT2D eigenvalue weighted by molar-refractivity contribution is -0.160. The molecule has 2 unspecified atom stereocenters. The standard InChI is InChI=1S/C25H27NO5/c1-16(31-23(27)22(26)13-17-7-5-4-6-8-17)25(2,24(28)29)20-11-9-19-15-21(30-3)12-10-18(19)14-20/h4-12,14-16,22H,13,26H2,1-3H3,(H,28,29)/t16?,22-,25?/m0/s1. The van der Waals surface area contributed by atoms with Crippen LogP contribution in [0.15, 0.2) is 66.7 Å². The predicted octanol–water partition coefficient (Wildman–Crippen LogP) is 3.69. The first-order chi connectivity index (χ1) is 14.8. The van der Waals surface area contributed by atoms with Crippen LogP contribution in [0, 0.1) is 0 Å². The average Bonchev–Trinajstić information content (AvgIpc) is 2.78. The van der Waals surface area contributed by atoms with E-state index in [4.69, 9.17) is 15.2 Å². The summed E-state index contributed by atoms with van der Waals surface area (Å²) in [5.74, 6) is -0.998. The number of rotatable bonds is 8. The predicted molar refractivity (Wildman–Crippen MR) is 119 cm³/mol. The van der Waals surface area contributed by atoms with Crippen LogP contribution in [0.1, 0.15) is 25.0 Å². The Morgan fingerprint density at radius 1 is 1.03 bits per heavy atom. The minimum atomic E-state index is -1.45. The van der Waals surface area contributed by atoms with Crippen molar-refractivity contribution in [3.63, 3.8) is 0 Å². The van der Waals surface area contributed by atoms with Gasteiger partial charge in [-0.1, -0.05) is 48.5 Å². The number of nitrogens with two attached hydrogens (primary N) is 1. The summed E-state index contributed by atoms with van der Waals surface area (Å²) in [6.45, 7) is 3.14. The van der Waals surface area contributed by atoms with Crippen molar-refractivity contribution in [2.24, 2.45) is 5.73 Å². The summed E-state index contributed by atoms with van der Waals surface area (Å²) < 4.78 is 10.8. The number of carbonyl (C=O) groups excluding carboxylic acids is 1. The molecule has 0 saturated heterocycles. The Morgan fingerprint density at radius 3 is 2.32 bits per heavy atom. The Balaban J connectivity index is 1.83. The van der Waals surface area contributed by atoms with E-state index < -0.39 is 29.5 Å². The number of aliphatic carboxylic acids is 1. The lowest BCUT2D eigenvalue weighted by atomic mass is 9.77. The van der Waals surface area contributed by atoms with Crippen molar-refractivity contribution in [1.29, 1.82) is 0 Å². The minimum Gasteiger partial charge on any atom is -0.497 e. The number of hydrogen-bond donors (Lipinski definition) is 2. The lowest BCUT2D eigenvalue weighted by Crippen LogP contribution is -2.47. The van der Waals surface area contributed by atoms with E-state index >= 15 is 0 Å². The van der Waals surface area contributed by atoms with E-state index in [0.29, 0.717) is 12.0 Å². The van der Waals surface area contributed by atoms with Crippen LogP contribution in [0.3, 0.4) is 0 Å². The first-order valence-electron chi connectivity index (χ1n) is 10.1. The quantitative estimate of drug-likeness (QED) is 0.538. The summed E-state index contributed by atoms with van der Waals surface area (Å²) in [5.41, 5.74) is 6.02. The van der Waals surface area contributed by atoms with Crippen molar-refractivity contribution < 1.29 is 24.2 Å². The van der Waals surface area contributed by atoms with E-state index in [1.54, 1.807) is 33.1 Å². The number of carbonyl (C=O) groups is 2. The molecular weight excluding hydrogens is 394 g/mol. The third kappa shape index (κ3) is 4.70. The molecular formula is C25H27NO5. The van der Waals surface area contributed by atoms with E-state index in [1.807, 2.05) is 54.6 Å². The fraction of sp³-hybridized carbons (Fsp3) is 0.280. The highest BCUT2D eigenvalue weighted by atomic mass is 16.5. The maximum Gasteiger partial charge on any atom is 0.323 e. The smallest absolute Gasteiger partial charge is 0.323 e. The first-order valence-corrected chi connectivity index (χ1v) is 10.1. The van der Waals surface area contributed by atoms with Crippen LogP contribution in [-0.2, 0) is 26.2 Å². The molecule has 6 nitrogen and oxygen atoms in total. The maximum atomic E-state index is 12.6. The van der Waals surface area contributed by atoms with Gasteiger partial charge < -0.3 is 20.3 Å². The van der Waals surface area contributed by atoms with E-state index in [-0.39, 0.29) is 0 Å². The van der Waals surface area contributed by atoms with Gasteiger partial charge in [-0.2, -0.15) is 0 Å². The van der Waals surface area contributed by atoms with Crippen molar-refractivity contribution in [3.8, 4) is 5.75 Å². The Kier molecular flexibility index (Phi) is 6.61. The molecule has 0 saturated carbocycles. The van der Waals surface area contributed by atoms with Gasteiger partial charge in [-0.3, -0.25) is 9.59 Å². The summed E-state index contributed by atoms with van der Waals surface area (Å²) in [4.78, 5) is 24.9. The molecule has 3 atom stereocenters. The zero-order chi connectivity index (χ0) is 22.6. The van der Waals surface area contributed by atoms with Gasteiger partial charge in [0.15, 0.2) is 0 Å². The molecule has 31 heavy (non-hydrogen) atoms. The van der Waals surface area contributed by atoms with Crippen molar-refractivity contribution >= 4 is 22.7 Å². The molecule has 162 valence electrons. The summed E-state index contributed by atoms with van der Waals surface area (Å²) in [5, 5.41) is 11.8. The van der Waals surface area contributed by atoms with Crippen LogP contribution in [-0.4, -0.2) is 36.3 Å². The van der Waals surface area contributed by atoms with Crippen molar-refractivity contribution in [1.82, 2.24) is 0 Å². The second kappa shape index (κ2) is 9.18. The topological polar surface area (TPSA) is 98.9 Å². The lowest BCUT2D eigenvalue weighted by Gasteiger charge is -2.32. The number of methoxy groups -OCH3 is 1. The monoisotopic (exact) mass is 421 g/mol. The molecule has 6 heteroatoms. The average molecular weight is 421 g/mol. The van der Waals surface area contributed by atoms with Crippen molar-refractivity contribution in [3.05, 3.63) is 77.9 Å². The van der Waals surface area contributed by atoms with Gasteiger partial charge in [-0.25, -0.2) is 0 Å². The maximum absolute atomic E-state index is 12.6. The number of esters is 1. The Bertz CT molecular complexity index is 1080. The fourth-order valence-corrected chi connectivity index (χ4v) is 3.54. The minimum absolute atomic E-state index is 0.313. The molecule has 3 aromatic carbocycles. The molecule has 0 aliphatic carbocycles. The molecule has 0 heterocycles. The van der Waals surface area contributed by atoms with Gasteiger partial charge in [0.05, 0.1) is 7.11 Å². The van der Waals surface area contributed by atoms with Crippen LogP contribution in [0.2, 0.25) is 0 Å². The summed E-state index contributed by atoms with van der Waals surface area (Å²) in [6.07, 6.45) is -0.622. The van der Waals surface area contributed by atoms with Crippen LogP contribution in [0.4, 0.5) is 0 Å².